The minimum atomic E-state index is -0.671. The predicted molar refractivity (Wildman–Crippen MR) is 104 cm³/mol. The van der Waals surface area contributed by atoms with Gasteiger partial charge in [-0.15, -0.1) is 0 Å². The fourth-order valence-corrected chi connectivity index (χ4v) is 2.68. The summed E-state index contributed by atoms with van der Waals surface area (Å²) in [6.45, 7) is 4.00. The largest absolute Gasteiger partial charge is 0.467 e. The van der Waals surface area contributed by atoms with E-state index in [0.29, 0.717) is 12.0 Å². The van der Waals surface area contributed by atoms with Crippen LogP contribution in [0, 0.1) is 5.92 Å². The second-order valence-corrected chi connectivity index (χ2v) is 6.51. The summed E-state index contributed by atoms with van der Waals surface area (Å²) in [6, 6.07) is 18.4. The smallest absolute Gasteiger partial charge is 0.328 e. The molecule has 0 saturated heterocycles. The number of hydrogen-bond acceptors (Lipinski definition) is 3. The molecule has 1 N–H and O–H groups in total. The molecule has 0 spiro atoms. The van der Waals surface area contributed by atoms with Gasteiger partial charge >= 0.3 is 5.97 Å². The normalized spacial score (nSPS) is 12.5. The molecule has 4 heteroatoms. The van der Waals surface area contributed by atoms with Gasteiger partial charge in [-0.1, -0.05) is 74.5 Å². The summed E-state index contributed by atoms with van der Waals surface area (Å²) in [5.41, 5.74) is 2.22. The molecule has 0 unspecified atom stereocenters. The van der Waals surface area contributed by atoms with Crippen molar-refractivity contribution in [2.24, 2.45) is 5.92 Å². The molecule has 4 nitrogen and oxygen atoms in total. The van der Waals surface area contributed by atoms with Crippen molar-refractivity contribution in [3.63, 3.8) is 0 Å². The predicted octanol–water partition coefficient (Wildman–Crippen LogP) is 3.93. The SMILES string of the molecule is COC(=O)[C@H](CC(C)C)NC(=O)/C(=C/c1ccccc1)c1ccccc1. The van der Waals surface area contributed by atoms with Crippen LogP contribution < -0.4 is 5.32 Å². The number of methoxy groups -OCH3 is 1. The van der Waals surface area contributed by atoms with E-state index in [0.717, 1.165) is 11.1 Å². The number of carbonyl (C=O) groups is 2. The van der Waals surface area contributed by atoms with E-state index in [1.54, 1.807) is 0 Å². The van der Waals surface area contributed by atoms with Gasteiger partial charge in [-0.25, -0.2) is 4.79 Å². The van der Waals surface area contributed by atoms with E-state index < -0.39 is 12.0 Å². The number of rotatable bonds is 7. The van der Waals surface area contributed by atoms with Gasteiger partial charge in [-0.3, -0.25) is 4.79 Å². The van der Waals surface area contributed by atoms with Crippen molar-refractivity contribution < 1.29 is 14.3 Å². The van der Waals surface area contributed by atoms with Gasteiger partial charge in [0.25, 0.3) is 5.91 Å². The molecule has 0 radical (unpaired) electrons. The van der Waals surface area contributed by atoms with Crippen LogP contribution in [0.4, 0.5) is 0 Å². The first-order valence-electron chi connectivity index (χ1n) is 8.72. The van der Waals surface area contributed by atoms with Crippen LogP contribution in [0.5, 0.6) is 0 Å². The number of nitrogens with one attached hydrogen (secondary N) is 1. The van der Waals surface area contributed by atoms with E-state index in [1.165, 1.54) is 7.11 Å². The zero-order valence-electron chi connectivity index (χ0n) is 15.4. The summed E-state index contributed by atoms with van der Waals surface area (Å²) in [6.07, 6.45) is 2.35. The van der Waals surface area contributed by atoms with Crippen LogP contribution in [0.15, 0.2) is 60.7 Å². The van der Waals surface area contributed by atoms with Gasteiger partial charge in [-0.05, 0) is 29.5 Å². The Kier molecular flexibility index (Phi) is 7.15. The number of ether oxygens (including phenoxy) is 1. The van der Waals surface area contributed by atoms with Gasteiger partial charge in [-0.2, -0.15) is 0 Å². The van der Waals surface area contributed by atoms with Crippen molar-refractivity contribution in [1.29, 1.82) is 0 Å². The molecule has 2 aromatic rings. The van der Waals surface area contributed by atoms with Gasteiger partial charge in [0.2, 0.25) is 0 Å². The first kappa shape index (κ1) is 19.4. The molecule has 0 aliphatic heterocycles. The maximum atomic E-state index is 13.0. The molecule has 0 aliphatic carbocycles. The van der Waals surface area contributed by atoms with Crippen molar-refractivity contribution in [1.82, 2.24) is 5.32 Å². The Bertz CT molecular complexity index is 751. The Labute approximate surface area is 154 Å². The number of amides is 1. The second kappa shape index (κ2) is 9.56. The van der Waals surface area contributed by atoms with Crippen LogP contribution >= 0.6 is 0 Å². The van der Waals surface area contributed by atoms with Gasteiger partial charge in [0.1, 0.15) is 6.04 Å². The summed E-state index contributed by atoms with van der Waals surface area (Å²) in [4.78, 5) is 25.0. The molecular formula is C22H25NO3. The molecule has 1 atom stereocenters. The summed E-state index contributed by atoms with van der Waals surface area (Å²) >= 11 is 0. The monoisotopic (exact) mass is 351 g/mol. The third-order valence-corrected chi connectivity index (χ3v) is 3.94. The number of benzene rings is 2. The van der Waals surface area contributed by atoms with E-state index >= 15 is 0 Å². The third-order valence-electron chi connectivity index (χ3n) is 3.94. The summed E-state index contributed by atoms with van der Waals surface area (Å²) in [7, 11) is 1.33. The van der Waals surface area contributed by atoms with Crippen molar-refractivity contribution in [2.45, 2.75) is 26.3 Å². The van der Waals surface area contributed by atoms with E-state index in [1.807, 2.05) is 80.6 Å². The topological polar surface area (TPSA) is 55.4 Å². The maximum Gasteiger partial charge on any atom is 0.328 e. The summed E-state index contributed by atoms with van der Waals surface area (Å²) < 4.78 is 4.84. The molecule has 0 heterocycles. The standard InChI is InChI=1S/C22H25NO3/c1-16(2)14-20(22(25)26-3)23-21(24)19(18-12-8-5-9-13-18)15-17-10-6-4-7-11-17/h4-13,15-16,20H,14H2,1-3H3,(H,23,24)/b19-15+/t20-/m0/s1. The highest BCUT2D eigenvalue weighted by molar-refractivity contribution is 6.24. The molecule has 0 aromatic heterocycles. The number of esters is 1. The number of carbonyl (C=O) groups excluding carboxylic acids is 2. The Morgan fingerprint density at radius 3 is 2.12 bits per heavy atom. The first-order valence-corrected chi connectivity index (χ1v) is 8.72. The maximum absolute atomic E-state index is 13.0. The van der Waals surface area contributed by atoms with Gasteiger partial charge in [0, 0.05) is 5.57 Å². The Morgan fingerprint density at radius 1 is 1.00 bits per heavy atom. The third kappa shape index (κ3) is 5.59. The minimum Gasteiger partial charge on any atom is -0.467 e. The molecule has 2 rings (SSSR count). The summed E-state index contributed by atoms with van der Waals surface area (Å²) in [5, 5.41) is 2.84. The Hall–Kier alpha value is -2.88. The highest BCUT2D eigenvalue weighted by Crippen LogP contribution is 2.19. The Morgan fingerprint density at radius 2 is 1.58 bits per heavy atom. The lowest BCUT2D eigenvalue weighted by atomic mass is 10.00. The lowest BCUT2D eigenvalue weighted by molar-refractivity contribution is -0.145. The van der Waals surface area contributed by atoms with E-state index in [9.17, 15) is 9.59 Å². The fraction of sp³-hybridized carbons (Fsp3) is 0.273. The molecule has 0 bridgehead atoms. The molecular weight excluding hydrogens is 326 g/mol. The van der Waals surface area contributed by atoms with Crippen molar-refractivity contribution >= 4 is 23.5 Å². The zero-order valence-corrected chi connectivity index (χ0v) is 15.4. The molecule has 0 saturated carbocycles. The van der Waals surface area contributed by atoms with Crippen LogP contribution in [0.3, 0.4) is 0 Å². The van der Waals surface area contributed by atoms with Crippen LogP contribution in [-0.2, 0) is 14.3 Å². The molecule has 0 fully saturated rings. The lowest BCUT2D eigenvalue weighted by Crippen LogP contribution is -2.42. The molecule has 26 heavy (non-hydrogen) atoms. The Balaban J connectivity index is 2.34. The van der Waals surface area contributed by atoms with E-state index in [-0.39, 0.29) is 11.8 Å². The molecule has 136 valence electrons. The molecule has 1 amide bonds. The van der Waals surface area contributed by atoms with Crippen LogP contribution in [-0.4, -0.2) is 25.0 Å². The van der Waals surface area contributed by atoms with E-state index in [2.05, 4.69) is 5.32 Å². The van der Waals surface area contributed by atoms with Crippen molar-refractivity contribution in [3.05, 3.63) is 71.8 Å². The quantitative estimate of drug-likeness (QED) is 0.467. The highest BCUT2D eigenvalue weighted by Gasteiger charge is 2.24. The lowest BCUT2D eigenvalue weighted by Gasteiger charge is -2.19. The molecule has 0 aliphatic rings. The zero-order chi connectivity index (χ0) is 18.9. The average Bonchev–Trinajstić information content (AvgIpc) is 2.66. The van der Waals surface area contributed by atoms with Crippen LogP contribution in [0.1, 0.15) is 31.4 Å². The highest BCUT2D eigenvalue weighted by atomic mass is 16.5. The van der Waals surface area contributed by atoms with Crippen LogP contribution in [0.2, 0.25) is 0 Å². The van der Waals surface area contributed by atoms with E-state index in [4.69, 9.17) is 4.74 Å². The van der Waals surface area contributed by atoms with Gasteiger partial charge < -0.3 is 10.1 Å². The number of hydrogen-bond donors (Lipinski definition) is 1. The minimum absolute atomic E-state index is 0.248. The van der Waals surface area contributed by atoms with Gasteiger partial charge in [0.05, 0.1) is 7.11 Å². The second-order valence-electron chi connectivity index (χ2n) is 6.51. The summed E-state index contributed by atoms with van der Waals surface area (Å²) in [5.74, 6) is -0.479. The average molecular weight is 351 g/mol. The molecule has 2 aromatic carbocycles. The first-order chi connectivity index (χ1) is 12.5. The van der Waals surface area contributed by atoms with Gasteiger partial charge in [0.15, 0.2) is 0 Å². The van der Waals surface area contributed by atoms with Crippen molar-refractivity contribution in [3.8, 4) is 0 Å². The van der Waals surface area contributed by atoms with Crippen LogP contribution in [0.25, 0.3) is 11.6 Å². The fourth-order valence-electron chi connectivity index (χ4n) is 2.68. The van der Waals surface area contributed by atoms with Crippen molar-refractivity contribution in [2.75, 3.05) is 7.11 Å².